The number of fused-ring (bicyclic) bond motifs is 13. The van der Waals surface area contributed by atoms with Crippen molar-refractivity contribution < 1.29 is 0 Å². The van der Waals surface area contributed by atoms with Gasteiger partial charge in [-0.1, -0.05) is 194 Å². The van der Waals surface area contributed by atoms with E-state index in [-0.39, 0.29) is 0 Å². The van der Waals surface area contributed by atoms with Gasteiger partial charge < -0.3 is 9.47 Å². The molecule has 0 saturated heterocycles. The molecule has 2 aliphatic carbocycles. The number of hydrogen-bond donors (Lipinski definition) is 0. The van der Waals surface area contributed by atoms with Crippen LogP contribution in [0.2, 0.25) is 0 Å². The van der Waals surface area contributed by atoms with Crippen LogP contribution >= 0.6 is 0 Å². The molecule has 0 N–H and O–H groups in total. The van der Waals surface area contributed by atoms with Crippen LogP contribution in [0.5, 0.6) is 0 Å². The highest BCUT2D eigenvalue weighted by atomic mass is 15.1. The van der Waals surface area contributed by atoms with Gasteiger partial charge in [0.25, 0.3) is 0 Å². The van der Waals surface area contributed by atoms with Crippen LogP contribution in [0, 0.1) is 0 Å². The molecule has 0 aliphatic heterocycles. The van der Waals surface area contributed by atoms with Crippen molar-refractivity contribution in [3.63, 3.8) is 0 Å². The summed E-state index contributed by atoms with van der Waals surface area (Å²) in [6.07, 6.45) is 0. The van der Waals surface area contributed by atoms with Crippen molar-refractivity contribution >= 4 is 38.9 Å². The maximum absolute atomic E-state index is 2.52. The van der Waals surface area contributed by atoms with E-state index in [2.05, 4.69) is 252 Å². The number of anilines is 3. The number of benzene rings is 10. The van der Waals surface area contributed by atoms with E-state index in [1.807, 2.05) is 0 Å². The molecule has 0 amide bonds. The summed E-state index contributed by atoms with van der Waals surface area (Å²) in [5.74, 6) is 0. The topological polar surface area (TPSA) is 8.17 Å². The molecule has 1 heterocycles. The van der Waals surface area contributed by atoms with Gasteiger partial charge in [-0.25, -0.2) is 0 Å². The third-order valence-corrected chi connectivity index (χ3v) is 13.6. The minimum absolute atomic E-state index is 0.451. The Kier molecular flexibility index (Phi) is 7.85. The van der Waals surface area contributed by atoms with Crippen molar-refractivity contribution in [2.24, 2.45) is 0 Å². The Bertz CT molecular complexity index is 3520. The molecule has 0 atom stereocenters. The first-order valence-electron chi connectivity index (χ1n) is 21.9. The quantitative estimate of drug-likeness (QED) is 0.163. The van der Waals surface area contributed by atoms with Crippen molar-refractivity contribution in [3.05, 3.63) is 265 Å². The summed E-state index contributed by atoms with van der Waals surface area (Å²) in [6, 6.07) is 89.5. The van der Waals surface area contributed by atoms with E-state index in [4.69, 9.17) is 0 Å². The Labute approximate surface area is 367 Å². The summed E-state index contributed by atoms with van der Waals surface area (Å²) in [5.41, 5.74) is 21.6. The van der Waals surface area contributed by atoms with Crippen LogP contribution in [0.4, 0.5) is 17.1 Å². The van der Waals surface area contributed by atoms with Gasteiger partial charge in [0.2, 0.25) is 0 Å². The molecule has 0 saturated carbocycles. The van der Waals surface area contributed by atoms with E-state index < -0.39 is 5.41 Å². The summed E-state index contributed by atoms with van der Waals surface area (Å²) in [5, 5.41) is 2.49. The van der Waals surface area contributed by atoms with Gasteiger partial charge in [-0.2, -0.15) is 0 Å². The summed E-state index contributed by atoms with van der Waals surface area (Å²) in [7, 11) is 0. The van der Waals surface area contributed by atoms with Crippen LogP contribution < -0.4 is 4.90 Å². The number of aromatic nitrogens is 1. The summed E-state index contributed by atoms with van der Waals surface area (Å²) in [6.45, 7) is 0. The lowest BCUT2D eigenvalue weighted by Crippen LogP contribution is -2.26. The van der Waals surface area contributed by atoms with E-state index in [0.717, 1.165) is 33.9 Å². The highest BCUT2D eigenvalue weighted by molar-refractivity contribution is 6.11. The molecule has 11 aromatic rings. The molecule has 0 bridgehead atoms. The molecule has 63 heavy (non-hydrogen) atoms. The smallest absolute Gasteiger partial charge is 0.0726 e. The van der Waals surface area contributed by atoms with Crippen LogP contribution in [0.1, 0.15) is 22.3 Å². The zero-order chi connectivity index (χ0) is 41.5. The molecule has 2 aliphatic rings. The van der Waals surface area contributed by atoms with Crippen molar-refractivity contribution in [1.82, 2.24) is 4.57 Å². The lowest BCUT2D eigenvalue weighted by molar-refractivity contribution is 0.794. The second-order valence-electron chi connectivity index (χ2n) is 16.8. The fourth-order valence-corrected chi connectivity index (χ4v) is 11.1. The first kappa shape index (κ1) is 35.5. The fraction of sp³-hybridized carbons (Fsp3) is 0.0164. The maximum Gasteiger partial charge on any atom is 0.0726 e. The zero-order valence-electron chi connectivity index (χ0n) is 34.5. The Balaban J connectivity index is 1.08. The zero-order valence-corrected chi connectivity index (χ0v) is 34.5. The van der Waals surface area contributed by atoms with Crippen molar-refractivity contribution in [2.45, 2.75) is 5.41 Å². The van der Waals surface area contributed by atoms with Gasteiger partial charge in [-0.05, 0) is 104 Å². The van der Waals surface area contributed by atoms with E-state index >= 15 is 0 Å². The largest absolute Gasteiger partial charge is 0.309 e. The Morgan fingerprint density at radius 2 is 0.825 bits per heavy atom. The fourth-order valence-electron chi connectivity index (χ4n) is 11.1. The summed E-state index contributed by atoms with van der Waals surface area (Å²) < 4.78 is 2.41. The molecule has 1 aromatic heterocycles. The average Bonchev–Trinajstić information content (AvgIpc) is 3.97. The van der Waals surface area contributed by atoms with Crippen molar-refractivity contribution in [3.8, 4) is 50.2 Å². The van der Waals surface area contributed by atoms with Gasteiger partial charge in [-0.15, -0.1) is 0 Å². The highest BCUT2D eigenvalue weighted by Gasteiger charge is 2.52. The summed E-state index contributed by atoms with van der Waals surface area (Å²) in [4.78, 5) is 2.52. The summed E-state index contributed by atoms with van der Waals surface area (Å²) >= 11 is 0. The van der Waals surface area contributed by atoms with Crippen LogP contribution in [0.15, 0.2) is 243 Å². The Morgan fingerprint density at radius 1 is 0.317 bits per heavy atom. The van der Waals surface area contributed by atoms with Crippen molar-refractivity contribution in [2.75, 3.05) is 4.90 Å². The molecule has 2 nitrogen and oxygen atoms in total. The standard InChI is InChI=1S/C61H40N2/c1-3-18-41(19-4-1)42-34-37-45(38-35-42)62(56-31-15-10-22-46(56)43-36-39-50-49-25-11-16-32-57(49)63(59(50)40-43)44-20-5-2-6-21-44)58-33-17-30-55-60(58)51-26-9-14-29-54(51)61(55)52-27-12-7-23-47(52)48-24-8-13-28-53(48)61/h1-40H. The molecule has 10 aromatic carbocycles. The third-order valence-electron chi connectivity index (χ3n) is 13.6. The van der Waals surface area contributed by atoms with E-state index in [1.165, 1.54) is 77.4 Å². The van der Waals surface area contributed by atoms with Crippen LogP contribution in [-0.4, -0.2) is 4.57 Å². The minimum atomic E-state index is -0.451. The van der Waals surface area contributed by atoms with E-state index in [0.29, 0.717) is 0 Å². The van der Waals surface area contributed by atoms with Gasteiger partial charge in [0, 0.05) is 33.3 Å². The minimum Gasteiger partial charge on any atom is -0.309 e. The molecule has 0 fully saturated rings. The van der Waals surface area contributed by atoms with Gasteiger partial charge in [0.1, 0.15) is 0 Å². The van der Waals surface area contributed by atoms with Gasteiger partial charge in [-0.3, -0.25) is 0 Å². The molecule has 2 heteroatoms. The van der Waals surface area contributed by atoms with Gasteiger partial charge in [0.05, 0.1) is 27.8 Å². The van der Waals surface area contributed by atoms with E-state index in [9.17, 15) is 0 Å². The normalized spacial score (nSPS) is 12.9. The average molecular weight is 801 g/mol. The molecular weight excluding hydrogens is 761 g/mol. The highest BCUT2D eigenvalue weighted by Crippen LogP contribution is 2.64. The van der Waals surface area contributed by atoms with Gasteiger partial charge >= 0.3 is 0 Å². The number of rotatable bonds is 6. The maximum atomic E-state index is 2.52. The predicted molar refractivity (Wildman–Crippen MR) is 263 cm³/mol. The number of nitrogens with zero attached hydrogens (tertiary/aromatic N) is 2. The lowest BCUT2D eigenvalue weighted by atomic mass is 9.70. The second kappa shape index (κ2) is 13.9. The van der Waals surface area contributed by atoms with Gasteiger partial charge in [0.15, 0.2) is 0 Å². The molecule has 0 unspecified atom stereocenters. The first-order valence-corrected chi connectivity index (χ1v) is 21.9. The third kappa shape index (κ3) is 5.13. The molecular formula is C61H40N2. The molecule has 294 valence electrons. The van der Waals surface area contributed by atoms with Crippen LogP contribution in [0.25, 0.3) is 72.0 Å². The van der Waals surface area contributed by atoms with Crippen molar-refractivity contribution in [1.29, 1.82) is 0 Å². The monoisotopic (exact) mass is 800 g/mol. The second-order valence-corrected chi connectivity index (χ2v) is 16.8. The lowest BCUT2D eigenvalue weighted by Gasteiger charge is -2.32. The molecule has 0 radical (unpaired) electrons. The molecule has 1 spiro atoms. The number of hydrogen-bond acceptors (Lipinski definition) is 1. The SMILES string of the molecule is c1ccc(-c2ccc(N(c3ccccc3-c3ccc4c5ccccc5n(-c5ccccc5)c4c3)c3cccc4c3-c3ccccc3C43c4ccccc4-c4ccccc43)cc2)cc1. The van der Waals surface area contributed by atoms with Crippen LogP contribution in [0.3, 0.4) is 0 Å². The Hall–Kier alpha value is -8.20. The molecule has 13 rings (SSSR count). The Morgan fingerprint density at radius 3 is 1.56 bits per heavy atom. The predicted octanol–water partition coefficient (Wildman–Crippen LogP) is 15.9. The van der Waals surface area contributed by atoms with Crippen LogP contribution in [-0.2, 0) is 5.41 Å². The van der Waals surface area contributed by atoms with E-state index in [1.54, 1.807) is 0 Å². The first-order chi connectivity index (χ1) is 31.3. The number of para-hydroxylation sites is 3.